The summed E-state index contributed by atoms with van der Waals surface area (Å²) < 4.78 is 2.34. The van der Waals surface area contributed by atoms with Crippen molar-refractivity contribution in [2.24, 2.45) is 14.1 Å². The molecule has 10 heteroatoms. The predicted molar refractivity (Wildman–Crippen MR) is 129 cm³/mol. The van der Waals surface area contributed by atoms with Crippen molar-refractivity contribution >= 4 is 46.0 Å². The van der Waals surface area contributed by atoms with Gasteiger partial charge in [-0.25, -0.2) is 14.8 Å². The lowest BCUT2D eigenvalue weighted by Crippen LogP contribution is -2.38. The van der Waals surface area contributed by atoms with Gasteiger partial charge in [-0.1, -0.05) is 50.2 Å². The molecule has 1 N–H and O–H groups in total. The third-order valence-corrected chi connectivity index (χ3v) is 6.25. The Morgan fingerprint density at radius 1 is 1.12 bits per heavy atom. The number of anilines is 1. The Kier molecular flexibility index (Phi) is 6.53. The van der Waals surface area contributed by atoms with Crippen molar-refractivity contribution in [1.82, 2.24) is 19.1 Å². The number of nitrogens with one attached hydrogen (secondary N) is 1. The van der Waals surface area contributed by atoms with E-state index in [1.54, 1.807) is 13.1 Å². The van der Waals surface area contributed by atoms with Gasteiger partial charge in [-0.15, -0.1) is 0 Å². The number of fused-ring (bicyclic) bond motifs is 1. The zero-order valence-corrected chi connectivity index (χ0v) is 20.7. The smallest absolute Gasteiger partial charge is 0.324 e. The highest BCUT2D eigenvalue weighted by atomic mass is 35.5. The number of halogens is 1. The lowest BCUT2D eigenvalue weighted by Gasteiger charge is -2.19. The monoisotopic (exact) mass is 475 g/mol. The van der Waals surface area contributed by atoms with E-state index in [2.05, 4.69) is 15.3 Å². The highest BCUT2D eigenvalue weighted by Crippen LogP contribution is 2.29. The van der Waals surface area contributed by atoms with Crippen LogP contribution in [0.15, 0.2) is 26.7 Å². The highest BCUT2D eigenvalue weighted by molar-refractivity contribution is 8.00. The summed E-state index contributed by atoms with van der Waals surface area (Å²) in [5.74, 6) is 0.203. The second-order valence-electron chi connectivity index (χ2n) is 8.78. The number of carbonyl (C=O) groups is 1. The van der Waals surface area contributed by atoms with E-state index >= 15 is 0 Å². The fourth-order valence-electron chi connectivity index (χ4n) is 3.25. The molecule has 0 saturated heterocycles. The van der Waals surface area contributed by atoms with Gasteiger partial charge in [0, 0.05) is 19.5 Å². The van der Waals surface area contributed by atoms with Crippen molar-refractivity contribution in [3.05, 3.63) is 54.9 Å². The summed E-state index contributed by atoms with van der Waals surface area (Å²) in [6, 6.07) is 3.72. The fourth-order valence-corrected chi connectivity index (χ4v) is 4.43. The van der Waals surface area contributed by atoms with Gasteiger partial charge in [-0.2, -0.15) is 0 Å². The summed E-state index contributed by atoms with van der Waals surface area (Å²) in [5.41, 5.74) is 1.28. The number of aryl methyl sites for hydroxylation is 3. The van der Waals surface area contributed by atoms with Gasteiger partial charge < -0.3 is 5.32 Å². The molecule has 0 fully saturated rings. The maximum atomic E-state index is 12.9. The van der Waals surface area contributed by atoms with E-state index in [0.29, 0.717) is 21.6 Å². The molecule has 0 aliphatic heterocycles. The molecule has 32 heavy (non-hydrogen) atoms. The molecule has 0 bridgehead atoms. The van der Waals surface area contributed by atoms with E-state index in [1.807, 2.05) is 40.7 Å². The predicted octanol–water partition coefficient (Wildman–Crippen LogP) is 3.33. The van der Waals surface area contributed by atoms with Crippen molar-refractivity contribution in [3.8, 4) is 0 Å². The van der Waals surface area contributed by atoms with Crippen LogP contribution in [0.2, 0.25) is 5.02 Å². The minimum absolute atomic E-state index is 0.00529. The molecule has 0 atom stereocenters. The molecule has 0 unspecified atom stereocenters. The van der Waals surface area contributed by atoms with E-state index < -0.39 is 16.7 Å². The van der Waals surface area contributed by atoms with Gasteiger partial charge in [0.1, 0.15) is 16.2 Å². The Labute approximate surface area is 195 Å². The van der Waals surface area contributed by atoms with Crippen molar-refractivity contribution < 1.29 is 4.79 Å². The summed E-state index contributed by atoms with van der Waals surface area (Å²) in [6.45, 7) is 9.63. The second-order valence-corrected chi connectivity index (χ2v) is 10.2. The molecule has 0 saturated carbocycles. The van der Waals surface area contributed by atoms with E-state index in [4.69, 9.17) is 11.6 Å². The maximum absolute atomic E-state index is 12.9. The van der Waals surface area contributed by atoms with Crippen molar-refractivity contribution in [3.63, 3.8) is 0 Å². The number of carbonyl (C=O) groups excluding carboxylic acids is 1. The molecule has 170 valence electrons. The third kappa shape index (κ3) is 4.59. The van der Waals surface area contributed by atoms with Crippen LogP contribution in [0.3, 0.4) is 0 Å². The first-order chi connectivity index (χ1) is 14.8. The average Bonchev–Trinajstić information content (AvgIpc) is 2.70. The van der Waals surface area contributed by atoms with Crippen LogP contribution in [0.4, 0.5) is 5.69 Å². The summed E-state index contributed by atoms with van der Waals surface area (Å²) in [6.07, 6.45) is 0. The summed E-state index contributed by atoms with van der Waals surface area (Å²) >= 11 is 7.42. The molecule has 3 aromatic rings. The van der Waals surface area contributed by atoms with Crippen LogP contribution in [0.25, 0.3) is 11.0 Å². The number of thioether (sulfide) groups is 1. The van der Waals surface area contributed by atoms with Gasteiger partial charge in [-0.3, -0.25) is 18.7 Å². The Balaban J connectivity index is 2.02. The van der Waals surface area contributed by atoms with Crippen LogP contribution in [0.1, 0.15) is 37.7 Å². The van der Waals surface area contributed by atoms with Gasteiger partial charge in [0.2, 0.25) is 5.91 Å². The normalized spacial score (nSPS) is 11.8. The fraction of sp³-hybridized carbons (Fsp3) is 0.409. The molecule has 3 rings (SSSR count). The van der Waals surface area contributed by atoms with Crippen LogP contribution in [-0.4, -0.2) is 30.8 Å². The van der Waals surface area contributed by atoms with Gasteiger partial charge in [-0.05, 0) is 31.0 Å². The van der Waals surface area contributed by atoms with Gasteiger partial charge in [0.25, 0.3) is 5.56 Å². The molecule has 0 radical (unpaired) electrons. The molecule has 1 aromatic carbocycles. The lowest BCUT2D eigenvalue weighted by molar-refractivity contribution is -0.113. The van der Waals surface area contributed by atoms with Gasteiger partial charge in [0.15, 0.2) is 5.65 Å². The second kappa shape index (κ2) is 8.71. The molecular formula is C22H26ClN5O3S. The first-order valence-corrected chi connectivity index (χ1v) is 11.3. The Morgan fingerprint density at radius 3 is 2.38 bits per heavy atom. The SMILES string of the molecule is Cc1cc(C)c(NC(=O)CSc2nc(C(C)(C)C)nc3c2c(=O)n(C)c(=O)n3C)c(Cl)c1. The summed E-state index contributed by atoms with van der Waals surface area (Å²) in [7, 11) is 2.97. The number of aromatic nitrogens is 4. The van der Waals surface area contributed by atoms with Crippen LogP contribution in [0, 0.1) is 13.8 Å². The van der Waals surface area contributed by atoms with Crippen molar-refractivity contribution in [2.75, 3.05) is 11.1 Å². The van der Waals surface area contributed by atoms with Crippen LogP contribution in [0.5, 0.6) is 0 Å². The van der Waals surface area contributed by atoms with Crippen LogP contribution < -0.4 is 16.6 Å². The molecule has 0 aliphatic rings. The number of amides is 1. The number of rotatable bonds is 4. The molecule has 0 aliphatic carbocycles. The number of benzene rings is 1. The molecule has 0 spiro atoms. The standard InChI is InChI=1S/C22H26ClN5O3S/c1-11-8-12(2)16(13(23)9-11)24-14(29)10-32-18-15-17(25-20(26-18)22(3,4)5)27(6)21(31)28(7)19(15)30/h8-9H,10H2,1-7H3,(H,24,29). The van der Waals surface area contributed by atoms with E-state index in [1.165, 1.54) is 11.6 Å². The first-order valence-electron chi connectivity index (χ1n) is 9.99. The average molecular weight is 476 g/mol. The largest absolute Gasteiger partial charge is 0.332 e. The topological polar surface area (TPSA) is 98.9 Å². The molecule has 8 nitrogen and oxygen atoms in total. The Bertz CT molecular complexity index is 1330. The van der Waals surface area contributed by atoms with Crippen LogP contribution >= 0.6 is 23.4 Å². The number of hydrogen-bond donors (Lipinski definition) is 1. The van der Waals surface area contributed by atoms with Crippen molar-refractivity contribution in [2.45, 2.75) is 45.1 Å². The molecule has 2 heterocycles. The van der Waals surface area contributed by atoms with E-state index in [-0.39, 0.29) is 22.7 Å². The van der Waals surface area contributed by atoms with E-state index in [9.17, 15) is 14.4 Å². The lowest BCUT2D eigenvalue weighted by atomic mass is 9.96. The number of hydrogen-bond acceptors (Lipinski definition) is 6. The molecular weight excluding hydrogens is 450 g/mol. The minimum atomic E-state index is -0.496. The van der Waals surface area contributed by atoms with Crippen molar-refractivity contribution in [1.29, 1.82) is 0 Å². The van der Waals surface area contributed by atoms with Gasteiger partial charge >= 0.3 is 5.69 Å². The first kappa shape index (κ1) is 24.0. The van der Waals surface area contributed by atoms with Crippen LogP contribution in [-0.2, 0) is 24.3 Å². The maximum Gasteiger partial charge on any atom is 0.332 e. The number of nitrogens with zero attached hydrogens (tertiary/aromatic N) is 4. The summed E-state index contributed by atoms with van der Waals surface area (Å²) in [5, 5.41) is 3.88. The molecule has 1 amide bonds. The Hall–Kier alpha value is -2.65. The zero-order valence-electron chi connectivity index (χ0n) is 19.2. The van der Waals surface area contributed by atoms with Gasteiger partial charge in [0.05, 0.1) is 16.5 Å². The minimum Gasteiger partial charge on any atom is -0.324 e. The van der Waals surface area contributed by atoms with E-state index in [0.717, 1.165) is 27.5 Å². The molecule has 2 aromatic heterocycles. The quantitative estimate of drug-likeness (QED) is 0.459. The third-order valence-electron chi connectivity index (χ3n) is 4.97. The Morgan fingerprint density at radius 2 is 1.78 bits per heavy atom. The summed E-state index contributed by atoms with van der Waals surface area (Å²) in [4.78, 5) is 47.1. The zero-order chi connectivity index (χ0) is 24.0. The highest BCUT2D eigenvalue weighted by Gasteiger charge is 2.24.